The predicted molar refractivity (Wildman–Crippen MR) is 552 cm³/mol. The first kappa shape index (κ1) is 134. The number of rotatable bonds is 23. The maximum Gasteiger partial charge on any atom is 0.408 e. The Morgan fingerprint density at radius 3 is 0.953 bits per heavy atom. The van der Waals surface area contributed by atoms with Crippen molar-refractivity contribution in [1.29, 1.82) is 0 Å². The normalized spacial score (nSPS) is 40.8. The fourth-order valence-electron chi connectivity index (χ4n) is 23.3. The molecule has 3 amide bonds. The average Bonchev–Trinajstić information content (AvgIpc) is 0.814. The third kappa shape index (κ3) is 30.4. The summed E-state index contributed by atoms with van der Waals surface area (Å²) in [7, 11) is 10.1. The van der Waals surface area contributed by atoms with Gasteiger partial charge < -0.3 is 107 Å². The number of carbonyl (C=O) groups is 13. The zero-order valence-electron chi connectivity index (χ0n) is 91.0. The van der Waals surface area contributed by atoms with Crippen LogP contribution in [0.15, 0.2) is 0 Å². The number of carbonyl (C=O) groups excluding carboxylic acids is 13. The first-order valence-electron chi connectivity index (χ1n) is 51.1. The van der Waals surface area contributed by atoms with E-state index in [-0.39, 0.29) is 116 Å². The van der Waals surface area contributed by atoms with Crippen molar-refractivity contribution in [2.45, 2.75) is 455 Å². The van der Waals surface area contributed by atoms with E-state index in [9.17, 15) is 72.5 Å². The summed E-state index contributed by atoms with van der Waals surface area (Å²) in [5, 5.41) is 31.6. The third-order valence-electron chi connectivity index (χ3n) is 32.1. The molecular formula is C110H184N6O32. The molecule has 9 rings (SSSR count). The number of aliphatic hydroxyl groups excluding tert-OH is 2. The maximum absolute atomic E-state index is 14.2. The van der Waals surface area contributed by atoms with Crippen molar-refractivity contribution in [3.63, 3.8) is 0 Å². The van der Waals surface area contributed by atoms with Crippen LogP contribution < -0.4 is 16.0 Å². The zero-order valence-corrected chi connectivity index (χ0v) is 91.0. The lowest BCUT2D eigenvalue weighted by Crippen LogP contribution is -2.61. The van der Waals surface area contributed by atoms with E-state index in [1.807, 2.05) is 56.6 Å². The number of Topliss-reactive ketones (excluding diaryl/α,β-unsaturated/α-hetero) is 5. The number of aliphatic hydroxyl groups is 2. The van der Waals surface area contributed by atoms with Gasteiger partial charge in [-0.1, -0.05) is 113 Å². The molecule has 9 fully saturated rings. The highest BCUT2D eigenvalue weighted by Crippen LogP contribution is 2.47. The second-order valence-electron chi connectivity index (χ2n) is 43.0. The number of hydrogen-bond donors (Lipinski definition) is 5. The molecule has 9 aliphatic heterocycles. The summed E-state index contributed by atoms with van der Waals surface area (Å²) in [6.45, 7) is 45.5. The van der Waals surface area contributed by atoms with Crippen molar-refractivity contribution in [2.24, 2.45) is 71.0 Å². The van der Waals surface area contributed by atoms with Gasteiger partial charge in [0.15, 0.2) is 59.4 Å². The molecule has 38 nitrogen and oxygen atoms in total. The molecule has 148 heavy (non-hydrogen) atoms. The summed E-state index contributed by atoms with van der Waals surface area (Å²) < 4.78 is 104. The number of fused-ring (bicyclic) bond motifs is 3. The molecule has 5 N–H and O–H groups in total. The van der Waals surface area contributed by atoms with E-state index in [4.69, 9.17) is 99.8 Å². The second kappa shape index (κ2) is 56.5. The molecule has 846 valence electrons. The Kier molecular flexibility index (Phi) is 51.0. The molecule has 9 saturated heterocycles. The Hall–Kier alpha value is -8.37. The maximum atomic E-state index is 14.2. The van der Waals surface area contributed by atoms with E-state index < -0.39 is 262 Å². The van der Waals surface area contributed by atoms with E-state index in [1.165, 1.54) is 49.0 Å². The van der Waals surface area contributed by atoms with Crippen molar-refractivity contribution in [3.05, 3.63) is 0 Å². The lowest BCUT2D eigenvalue weighted by molar-refractivity contribution is -0.304. The number of nitrogens with one attached hydrogen (secondary N) is 3. The Labute approximate surface area is 881 Å². The molecule has 0 aromatic rings. The first-order valence-corrected chi connectivity index (χ1v) is 51.1. The zero-order chi connectivity index (χ0) is 109. The number of esters is 5. The number of cyclic esters (lactones) is 3. The number of hydrogen-bond acceptors (Lipinski definition) is 35. The van der Waals surface area contributed by atoms with E-state index in [1.54, 1.807) is 132 Å². The highest BCUT2D eigenvalue weighted by atomic mass is 16.7. The Bertz CT molecular complexity index is 4580. The summed E-state index contributed by atoms with van der Waals surface area (Å²) in [5.74, 6) is -7.20. The predicted octanol–water partition coefficient (Wildman–Crippen LogP) is 12.1. The van der Waals surface area contributed by atoms with Gasteiger partial charge in [-0.2, -0.15) is 0 Å². The number of amides is 3. The van der Waals surface area contributed by atoms with Gasteiger partial charge in [-0.25, -0.2) is 14.4 Å². The van der Waals surface area contributed by atoms with Crippen LogP contribution in [-0.4, -0.2) is 332 Å². The van der Waals surface area contributed by atoms with Gasteiger partial charge in [-0.05, 0) is 162 Å². The molecule has 0 saturated carbocycles. The van der Waals surface area contributed by atoms with Crippen molar-refractivity contribution in [1.82, 2.24) is 30.7 Å². The van der Waals surface area contributed by atoms with Crippen LogP contribution in [0.1, 0.15) is 287 Å². The highest BCUT2D eigenvalue weighted by molar-refractivity contribution is 6.01. The van der Waals surface area contributed by atoms with Crippen LogP contribution in [0.2, 0.25) is 0 Å². The van der Waals surface area contributed by atoms with Crippen LogP contribution in [0.5, 0.6) is 0 Å². The molecule has 40 atom stereocenters. The topological polar surface area (TPSA) is 465 Å². The Morgan fingerprint density at radius 2 is 0.662 bits per heavy atom. The smallest absolute Gasteiger partial charge is 0.408 e. The van der Waals surface area contributed by atoms with E-state index in [0.29, 0.717) is 64.6 Å². The average molecular weight is 2100 g/mol. The standard InChI is InChI=1S/C36H58N2O11.C36H56N2O11.C34H54N2O10.4CH4/c2*1-13-15-16-38(11)25-17-20(4)45-33(29(25)46-24(8)39)48-31-22(6)28(41)23(7)32(42)47-26(14-2)36(10)30(37-34(43)49-36)21(5)27(40)19(3)18-35(31,9)44-12;1-12-14-15-36(10)23-16-19(4)43-31(27(23)39)45-29-21(6)26(38)22(7)30(40)44-24(13-2)34(9)28(35-32(41)46-34)20(5)25(37)18(3)17-33(29,8)42-11;;;;/h1,19-23,25-26,28-31,33,41H,14-18H2,2-12H3,(H,37,43);1,19-23,25-26,29-31,33H,14-18H2,2-12H3,(H,37,43);1,18-24,27-29,31,39H,13-17H2,2-11H3,(H,35,41);4*1H4/t19-,20-,21+,22+,23-,25+,26-,28+,29-,30-,31-,33+,35-,36-;19-,20-,21+,22+,23-,25+,26-,29-,30-,31-,33+,35-,36-;18-,19-,20+,21+,22-,23+,24-,27-,28-,29-,31+,33-,34-;;;;/m111..../s1. The van der Waals surface area contributed by atoms with Crippen molar-refractivity contribution < 1.29 is 153 Å². The lowest BCUT2D eigenvalue weighted by atomic mass is 9.73. The molecule has 0 radical (unpaired) electrons. The van der Waals surface area contributed by atoms with Gasteiger partial charge in [0.2, 0.25) is 0 Å². The fourth-order valence-corrected chi connectivity index (χ4v) is 23.3. The van der Waals surface area contributed by atoms with E-state index in [0.717, 1.165) is 0 Å². The monoisotopic (exact) mass is 2100 g/mol. The molecule has 9 aliphatic rings. The molecular weight excluding hydrogens is 1920 g/mol. The van der Waals surface area contributed by atoms with Gasteiger partial charge in [0.1, 0.15) is 53.6 Å². The van der Waals surface area contributed by atoms with Crippen molar-refractivity contribution >= 4 is 77.0 Å². The lowest BCUT2D eigenvalue weighted by Gasteiger charge is -2.49. The number of ether oxygens (including phenoxy) is 17. The van der Waals surface area contributed by atoms with Gasteiger partial charge >= 0.3 is 48.1 Å². The number of methoxy groups -OCH3 is 3. The molecule has 0 aromatic carbocycles. The van der Waals surface area contributed by atoms with Crippen LogP contribution in [0.4, 0.5) is 14.4 Å². The molecule has 9 heterocycles. The molecule has 0 aromatic heterocycles. The van der Waals surface area contributed by atoms with E-state index in [2.05, 4.69) is 33.7 Å². The van der Waals surface area contributed by atoms with Gasteiger partial charge in [0.25, 0.3) is 0 Å². The van der Waals surface area contributed by atoms with Gasteiger partial charge in [0.05, 0.1) is 95.7 Å². The number of alkyl carbamates (subject to hydrolysis) is 3. The number of nitrogens with zero attached hydrogens (tertiary/aromatic N) is 3. The number of ketones is 5. The fraction of sp³-hybridized carbons (Fsp3) is 0.827. The van der Waals surface area contributed by atoms with Crippen LogP contribution in [0, 0.1) is 108 Å². The highest BCUT2D eigenvalue weighted by Gasteiger charge is 2.63. The molecule has 0 bridgehead atoms. The molecule has 0 spiro atoms. The van der Waals surface area contributed by atoms with Crippen LogP contribution in [-0.2, 0) is 128 Å². The van der Waals surface area contributed by atoms with Gasteiger partial charge in [-0.15, -0.1) is 37.0 Å². The minimum atomic E-state index is -1.37. The molecule has 38 heteroatoms. The van der Waals surface area contributed by atoms with Crippen LogP contribution in [0.3, 0.4) is 0 Å². The minimum Gasteiger partial charge on any atom is -0.458 e. The molecule has 0 unspecified atom stereocenters. The first-order chi connectivity index (χ1) is 67.1. The summed E-state index contributed by atoms with van der Waals surface area (Å²) in [5.41, 5.74) is -7.83. The summed E-state index contributed by atoms with van der Waals surface area (Å²) in [4.78, 5) is 180. The Balaban J connectivity index is 0.000000563. The van der Waals surface area contributed by atoms with Crippen molar-refractivity contribution in [2.75, 3.05) is 62.1 Å². The summed E-state index contributed by atoms with van der Waals surface area (Å²) in [6, 6.07) is -3.37. The quantitative estimate of drug-likeness (QED) is 0.0274. The Morgan fingerprint density at radius 1 is 0.392 bits per heavy atom. The number of likely N-dealkylation sites (N-methyl/N-ethyl adjacent to an activating group) is 3. The third-order valence-corrected chi connectivity index (χ3v) is 32.1. The van der Waals surface area contributed by atoms with Crippen LogP contribution in [0.25, 0.3) is 0 Å². The van der Waals surface area contributed by atoms with E-state index >= 15 is 0 Å². The second-order valence-corrected chi connectivity index (χ2v) is 43.0. The van der Waals surface area contributed by atoms with Crippen molar-refractivity contribution in [3.8, 4) is 37.0 Å². The SMILES string of the molecule is C.C.C.C.C#CCCN(C)[C@H]1C[C@@H](C)O[C@@H](O[C@@H]2[C@@H](C)C(=O)[C@@H](C)C(=O)O[C@H](CC)[C@@]3(C)OC(=O)N[C@@H]3[C@@H](C)C(=O)[C@H](C)C[C@@]2(C)OC)[C@@H]1O.C#CCCN(C)[C@H]1C[C@@H](C)O[C@@H](O[C@@H]2[C@@H](C)C(=O)[C@@H](C)C(=O)O[C@H](CC)[C@@]3(C)OC(=O)N[C@@H]3[C@@H](C)C(=O)[C@H](C)C[C@@]2(C)OC)[C@@H]1OC(C)=O.C#CCCN(C)[C@H]1C[C@@H](C)O[C@@H](O[C@@H]2[C@@H](C)[C@H](O)[C@@H](C)C(=O)O[C@H](CC)[C@@]3(C)OC(=O)N[C@@H]3[C@@H](C)C(=O)[C@H](C)C[C@@]2(C)OC)[C@@H]1OC(C)=O. The van der Waals surface area contributed by atoms with Crippen LogP contribution >= 0.6 is 0 Å². The molecule has 0 aliphatic carbocycles. The summed E-state index contributed by atoms with van der Waals surface area (Å²) >= 11 is 0. The number of terminal acetylenes is 3. The summed E-state index contributed by atoms with van der Waals surface area (Å²) in [6.07, 6.45) is 4.34. The van der Waals surface area contributed by atoms with Gasteiger partial charge in [-0.3, -0.25) is 62.6 Å². The largest absolute Gasteiger partial charge is 0.458 e. The van der Waals surface area contributed by atoms with Gasteiger partial charge in [0, 0.05) is 133 Å². The minimum absolute atomic E-state index is 0.